The van der Waals surface area contributed by atoms with E-state index in [4.69, 9.17) is 16.3 Å². The van der Waals surface area contributed by atoms with Gasteiger partial charge in [0, 0.05) is 18.6 Å². The minimum Gasteiger partial charge on any atom is -0.484 e. The molecule has 0 saturated heterocycles. The molecule has 6 nitrogen and oxygen atoms in total. The summed E-state index contributed by atoms with van der Waals surface area (Å²) >= 11 is 6.06. The van der Waals surface area contributed by atoms with Crippen LogP contribution in [0.3, 0.4) is 0 Å². The zero-order valence-corrected chi connectivity index (χ0v) is 17.9. The van der Waals surface area contributed by atoms with Crippen molar-refractivity contribution in [1.82, 2.24) is 5.32 Å². The van der Waals surface area contributed by atoms with Gasteiger partial charge in [-0.15, -0.1) is 0 Å². The number of carbonyl (C=O) groups is 1. The van der Waals surface area contributed by atoms with Gasteiger partial charge in [-0.3, -0.25) is 9.10 Å². The lowest BCUT2D eigenvalue weighted by atomic mass is 10.2. The Labute approximate surface area is 181 Å². The van der Waals surface area contributed by atoms with Crippen LogP contribution in [0, 0.1) is 0 Å². The van der Waals surface area contributed by atoms with Gasteiger partial charge in [0.25, 0.3) is 15.9 Å². The molecule has 0 radical (unpaired) electrons. The second-order valence-corrected chi connectivity index (χ2v) is 8.81. The number of hydrogen-bond acceptors (Lipinski definition) is 4. The summed E-state index contributed by atoms with van der Waals surface area (Å²) in [5.41, 5.74) is 1.30. The Morgan fingerprint density at radius 2 is 1.60 bits per heavy atom. The molecular weight excluding hydrogens is 424 g/mol. The van der Waals surface area contributed by atoms with Gasteiger partial charge in [-0.25, -0.2) is 8.42 Å². The quantitative estimate of drug-likeness (QED) is 0.572. The molecule has 3 aromatic carbocycles. The summed E-state index contributed by atoms with van der Waals surface area (Å²) in [4.78, 5) is 12.2. The van der Waals surface area contributed by atoms with Gasteiger partial charge in [-0.1, -0.05) is 48.0 Å². The van der Waals surface area contributed by atoms with Gasteiger partial charge in [0.05, 0.1) is 10.6 Å². The van der Waals surface area contributed by atoms with Crippen LogP contribution in [0.15, 0.2) is 83.8 Å². The molecule has 0 aliphatic heterocycles. The first-order valence-corrected chi connectivity index (χ1v) is 11.0. The third-order valence-electron chi connectivity index (χ3n) is 4.41. The summed E-state index contributed by atoms with van der Waals surface area (Å²) in [6, 6.07) is 22.0. The van der Waals surface area contributed by atoms with Crippen LogP contribution in [0.4, 0.5) is 5.69 Å². The zero-order valence-electron chi connectivity index (χ0n) is 16.3. The first kappa shape index (κ1) is 21.7. The smallest absolute Gasteiger partial charge is 0.264 e. The van der Waals surface area contributed by atoms with Gasteiger partial charge in [0.1, 0.15) is 5.75 Å². The SMILES string of the molecule is CN(c1ccc(OCC(=O)NCc2ccccc2Cl)cc1)S(=O)(=O)c1ccccc1. The number of ether oxygens (including phenoxy) is 1. The van der Waals surface area contributed by atoms with Crippen molar-refractivity contribution >= 4 is 33.2 Å². The van der Waals surface area contributed by atoms with Crippen molar-refractivity contribution in [2.24, 2.45) is 0 Å². The molecule has 0 spiro atoms. The number of amides is 1. The van der Waals surface area contributed by atoms with Crippen LogP contribution in [-0.4, -0.2) is 28.0 Å². The molecule has 30 heavy (non-hydrogen) atoms. The highest BCUT2D eigenvalue weighted by Crippen LogP contribution is 2.24. The fourth-order valence-corrected chi connectivity index (χ4v) is 4.10. The Balaban J connectivity index is 1.55. The van der Waals surface area contributed by atoms with Crippen LogP contribution < -0.4 is 14.4 Å². The molecule has 156 valence electrons. The van der Waals surface area contributed by atoms with E-state index in [0.717, 1.165) is 5.56 Å². The number of sulfonamides is 1. The third-order valence-corrected chi connectivity index (χ3v) is 6.57. The second kappa shape index (κ2) is 9.65. The molecule has 0 aliphatic rings. The number of benzene rings is 3. The molecule has 0 heterocycles. The minimum absolute atomic E-state index is 0.165. The minimum atomic E-state index is -3.65. The van der Waals surface area contributed by atoms with Crippen LogP contribution >= 0.6 is 11.6 Å². The lowest BCUT2D eigenvalue weighted by Gasteiger charge is -2.19. The van der Waals surface area contributed by atoms with E-state index in [9.17, 15) is 13.2 Å². The van der Waals surface area contributed by atoms with E-state index in [2.05, 4.69) is 5.32 Å². The average molecular weight is 445 g/mol. The molecule has 0 aliphatic carbocycles. The molecule has 3 rings (SSSR count). The van der Waals surface area contributed by atoms with E-state index >= 15 is 0 Å². The van der Waals surface area contributed by atoms with Crippen molar-refractivity contribution in [1.29, 1.82) is 0 Å². The predicted molar refractivity (Wildman–Crippen MR) is 117 cm³/mol. The highest BCUT2D eigenvalue weighted by molar-refractivity contribution is 7.92. The Morgan fingerprint density at radius 1 is 0.967 bits per heavy atom. The molecule has 0 aromatic heterocycles. The summed E-state index contributed by atoms with van der Waals surface area (Å²) < 4.78 is 32.0. The van der Waals surface area contributed by atoms with Gasteiger partial charge < -0.3 is 10.1 Å². The molecule has 0 bridgehead atoms. The van der Waals surface area contributed by atoms with Crippen molar-refractivity contribution < 1.29 is 17.9 Å². The van der Waals surface area contributed by atoms with Crippen molar-refractivity contribution in [2.45, 2.75) is 11.4 Å². The largest absolute Gasteiger partial charge is 0.484 e. The highest BCUT2D eigenvalue weighted by Gasteiger charge is 2.20. The van der Waals surface area contributed by atoms with E-state index in [1.54, 1.807) is 60.7 Å². The fraction of sp³-hybridized carbons (Fsp3) is 0.136. The number of anilines is 1. The first-order chi connectivity index (χ1) is 14.4. The van der Waals surface area contributed by atoms with Gasteiger partial charge in [-0.05, 0) is 48.0 Å². The standard InChI is InChI=1S/C22H21ClN2O4S/c1-25(30(27,28)20-8-3-2-4-9-20)18-11-13-19(14-12-18)29-16-22(26)24-15-17-7-5-6-10-21(17)23/h2-14H,15-16H2,1H3,(H,24,26). The van der Waals surface area contributed by atoms with Crippen molar-refractivity contribution in [3.05, 3.63) is 89.4 Å². The van der Waals surface area contributed by atoms with E-state index in [0.29, 0.717) is 23.0 Å². The highest BCUT2D eigenvalue weighted by atomic mass is 35.5. The van der Waals surface area contributed by atoms with Crippen molar-refractivity contribution in [3.63, 3.8) is 0 Å². The summed E-state index contributed by atoms with van der Waals surface area (Å²) in [7, 11) is -2.16. The van der Waals surface area contributed by atoms with Crippen molar-refractivity contribution in [3.8, 4) is 5.75 Å². The van der Waals surface area contributed by atoms with Gasteiger partial charge in [0.2, 0.25) is 0 Å². The normalized spacial score (nSPS) is 11.0. The first-order valence-electron chi connectivity index (χ1n) is 9.15. The Bertz CT molecular complexity index is 1100. The number of nitrogens with zero attached hydrogens (tertiary/aromatic N) is 1. The van der Waals surface area contributed by atoms with Gasteiger partial charge in [0.15, 0.2) is 6.61 Å². The summed E-state index contributed by atoms with van der Waals surface area (Å²) in [5.74, 6) is 0.167. The van der Waals surface area contributed by atoms with E-state index < -0.39 is 10.0 Å². The van der Waals surface area contributed by atoms with Gasteiger partial charge >= 0.3 is 0 Å². The van der Waals surface area contributed by atoms with Crippen LogP contribution in [0.5, 0.6) is 5.75 Å². The average Bonchev–Trinajstić information content (AvgIpc) is 2.77. The lowest BCUT2D eigenvalue weighted by Crippen LogP contribution is -2.28. The van der Waals surface area contributed by atoms with Crippen LogP contribution in [-0.2, 0) is 21.4 Å². The van der Waals surface area contributed by atoms with Crippen molar-refractivity contribution in [2.75, 3.05) is 18.0 Å². The van der Waals surface area contributed by atoms with E-state index in [1.807, 2.05) is 18.2 Å². The molecule has 3 aromatic rings. The van der Waals surface area contributed by atoms with Gasteiger partial charge in [-0.2, -0.15) is 0 Å². The summed E-state index contributed by atoms with van der Waals surface area (Å²) in [5, 5.41) is 3.33. The van der Waals surface area contributed by atoms with E-state index in [-0.39, 0.29) is 17.4 Å². The maximum Gasteiger partial charge on any atom is 0.264 e. The van der Waals surface area contributed by atoms with E-state index in [1.165, 1.54) is 11.4 Å². The number of carbonyl (C=O) groups excluding carboxylic acids is 1. The number of rotatable bonds is 8. The molecule has 0 atom stereocenters. The Hall–Kier alpha value is -3.03. The predicted octanol–water partition coefficient (Wildman–Crippen LogP) is 3.86. The maximum absolute atomic E-state index is 12.7. The third kappa shape index (κ3) is 5.31. The monoisotopic (exact) mass is 444 g/mol. The lowest BCUT2D eigenvalue weighted by molar-refractivity contribution is -0.123. The topological polar surface area (TPSA) is 75.7 Å². The Kier molecular flexibility index (Phi) is 6.97. The van der Waals surface area contributed by atoms with Crippen LogP contribution in [0.25, 0.3) is 0 Å². The molecule has 0 saturated carbocycles. The summed E-state index contributed by atoms with van der Waals surface area (Å²) in [6.07, 6.45) is 0. The number of nitrogens with one attached hydrogen (secondary N) is 1. The molecule has 0 fully saturated rings. The van der Waals surface area contributed by atoms with Crippen LogP contribution in [0.1, 0.15) is 5.56 Å². The molecule has 8 heteroatoms. The summed E-state index contributed by atoms with van der Waals surface area (Å²) in [6.45, 7) is 0.144. The van der Waals surface area contributed by atoms with Crippen LogP contribution in [0.2, 0.25) is 5.02 Å². The molecule has 1 amide bonds. The fourth-order valence-electron chi connectivity index (χ4n) is 2.68. The number of halogens is 1. The molecule has 1 N–H and O–H groups in total. The number of hydrogen-bond donors (Lipinski definition) is 1. The molecular formula is C22H21ClN2O4S. The second-order valence-electron chi connectivity index (χ2n) is 6.44. The maximum atomic E-state index is 12.7. The Morgan fingerprint density at radius 3 is 2.27 bits per heavy atom. The molecule has 0 unspecified atom stereocenters. The zero-order chi connectivity index (χ0) is 21.6.